The van der Waals surface area contributed by atoms with Gasteiger partial charge in [0.2, 0.25) is 5.91 Å². The van der Waals surface area contributed by atoms with E-state index < -0.39 is 0 Å². The summed E-state index contributed by atoms with van der Waals surface area (Å²) in [4.78, 5) is 32.1. The number of nitrogens with zero attached hydrogens (tertiary/aromatic N) is 3. The second-order valence-electron chi connectivity index (χ2n) is 9.83. The third kappa shape index (κ3) is 3.96. The van der Waals surface area contributed by atoms with Crippen molar-refractivity contribution in [2.45, 2.75) is 71.4 Å². The Kier molecular flexibility index (Phi) is 5.76. The van der Waals surface area contributed by atoms with Gasteiger partial charge in [0.15, 0.2) is 0 Å². The van der Waals surface area contributed by atoms with Crippen LogP contribution in [0.15, 0.2) is 0 Å². The van der Waals surface area contributed by atoms with Crippen molar-refractivity contribution < 1.29 is 9.59 Å². The summed E-state index contributed by atoms with van der Waals surface area (Å²) in [6.07, 6.45) is 4.76. The fraction of sp³-hybridized carbons (Fsp3) is 0.905. The summed E-state index contributed by atoms with van der Waals surface area (Å²) in [5.41, 5.74) is -0.212. The molecule has 1 N–H and O–H groups in total. The Morgan fingerprint density at radius 3 is 2.15 bits per heavy atom. The van der Waals surface area contributed by atoms with Crippen molar-refractivity contribution in [2.75, 3.05) is 39.8 Å². The SMILES string of the molecule is CC(C)CN1CCC2(CC1)CC1(CCN(C(=O)NC(C)C)CC1)N(C)C2=O. The Hall–Kier alpha value is -1.30. The molecule has 27 heavy (non-hydrogen) atoms. The van der Waals surface area contributed by atoms with E-state index in [9.17, 15) is 9.59 Å². The van der Waals surface area contributed by atoms with Gasteiger partial charge in [-0.1, -0.05) is 13.8 Å². The zero-order chi connectivity index (χ0) is 19.8. The fourth-order valence-corrected chi connectivity index (χ4v) is 5.44. The van der Waals surface area contributed by atoms with Gasteiger partial charge in [0.1, 0.15) is 0 Å². The molecule has 6 nitrogen and oxygen atoms in total. The normalized spacial score (nSPS) is 25.2. The number of nitrogens with one attached hydrogen (secondary N) is 1. The predicted molar refractivity (Wildman–Crippen MR) is 108 cm³/mol. The summed E-state index contributed by atoms with van der Waals surface area (Å²) in [5.74, 6) is 1.03. The Balaban J connectivity index is 1.63. The van der Waals surface area contributed by atoms with Crippen LogP contribution in [0, 0.1) is 11.3 Å². The standard InChI is InChI=1S/C21H38N4O2/c1-16(2)14-24-10-6-20(7-11-24)15-21(23(5)18(20)26)8-12-25(13-9-21)19(27)22-17(3)4/h16-17H,6-15H2,1-5H3,(H,22,27). The summed E-state index contributed by atoms with van der Waals surface area (Å²) in [6, 6.07) is 0.187. The molecule has 3 rings (SSSR count). The number of amides is 3. The summed E-state index contributed by atoms with van der Waals surface area (Å²) < 4.78 is 0. The Labute approximate surface area is 164 Å². The van der Waals surface area contributed by atoms with Crippen molar-refractivity contribution >= 4 is 11.9 Å². The number of carbonyl (C=O) groups is 2. The van der Waals surface area contributed by atoms with Gasteiger partial charge in [-0.2, -0.15) is 0 Å². The number of hydrogen-bond donors (Lipinski definition) is 1. The van der Waals surface area contributed by atoms with Crippen LogP contribution in [0.1, 0.15) is 59.8 Å². The highest BCUT2D eigenvalue weighted by atomic mass is 16.2. The molecule has 2 spiro atoms. The van der Waals surface area contributed by atoms with Gasteiger partial charge < -0.3 is 20.0 Å². The molecular formula is C21H38N4O2. The minimum atomic E-state index is -0.162. The Morgan fingerprint density at radius 2 is 1.63 bits per heavy atom. The van der Waals surface area contributed by atoms with E-state index in [0.29, 0.717) is 11.8 Å². The molecule has 0 aromatic carbocycles. The average Bonchev–Trinajstić information content (AvgIpc) is 2.79. The highest BCUT2D eigenvalue weighted by Crippen LogP contribution is 2.52. The van der Waals surface area contributed by atoms with Crippen LogP contribution in [-0.4, -0.2) is 78.0 Å². The van der Waals surface area contributed by atoms with Crippen molar-refractivity contribution in [3.05, 3.63) is 0 Å². The first kappa shape index (κ1) is 20.4. The smallest absolute Gasteiger partial charge is 0.317 e. The maximum atomic E-state index is 13.3. The average molecular weight is 379 g/mol. The number of piperidine rings is 2. The first-order valence-corrected chi connectivity index (χ1v) is 10.7. The van der Waals surface area contributed by atoms with Crippen molar-refractivity contribution in [3.63, 3.8) is 0 Å². The minimum absolute atomic E-state index is 0.0310. The molecular weight excluding hydrogens is 340 g/mol. The predicted octanol–water partition coefficient (Wildman–Crippen LogP) is 2.54. The molecule has 3 fully saturated rings. The lowest BCUT2D eigenvalue weighted by atomic mass is 9.71. The lowest BCUT2D eigenvalue weighted by Crippen LogP contribution is -2.55. The molecule has 3 saturated heterocycles. The first-order valence-electron chi connectivity index (χ1n) is 10.7. The number of likely N-dealkylation sites (tertiary alicyclic amines) is 3. The Morgan fingerprint density at radius 1 is 1.04 bits per heavy atom. The molecule has 3 amide bonds. The van der Waals surface area contributed by atoms with Gasteiger partial charge in [-0.05, 0) is 65.0 Å². The number of hydrogen-bond acceptors (Lipinski definition) is 3. The molecule has 0 aromatic rings. The van der Waals surface area contributed by atoms with Crippen molar-refractivity contribution in [1.82, 2.24) is 20.0 Å². The fourth-order valence-electron chi connectivity index (χ4n) is 5.44. The van der Waals surface area contributed by atoms with E-state index in [0.717, 1.165) is 64.8 Å². The minimum Gasteiger partial charge on any atom is -0.339 e. The van der Waals surface area contributed by atoms with Crippen molar-refractivity contribution in [3.8, 4) is 0 Å². The van der Waals surface area contributed by atoms with Gasteiger partial charge in [0.05, 0.1) is 5.41 Å². The Bertz CT molecular complexity index is 559. The zero-order valence-corrected chi connectivity index (χ0v) is 17.9. The van der Waals surface area contributed by atoms with Crippen LogP contribution >= 0.6 is 0 Å². The molecule has 0 aliphatic carbocycles. The van der Waals surface area contributed by atoms with Crippen LogP contribution in [0.3, 0.4) is 0 Å². The van der Waals surface area contributed by atoms with Gasteiger partial charge in [0.25, 0.3) is 0 Å². The summed E-state index contributed by atoms with van der Waals surface area (Å²) in [7, 11) is 2.00. The van der Waals surface area contributed by atoms with Crippen LogP contribution in [0.25, 0.3) is 0 Å². The third-order valence-corrected chi connectivity index (χ3v) is 6.97. The van der Waals surface area contributed by atoms with Crippen LogP contribution in [0.2, 0.25) is 0 Å². The van der Waals surface area contributed by atoms with E-state index in [-0.39, 0.29) is 23.0 Å². The van der Waals surface area contributed by atoms with Crippen molar-refractivity contribution in [1.29, 1.82) is 0 Å². The molecule has 0 atom stereocenters. The van der Waals surface area contributed by atoms with Crippen LogP contribution in [-0.2, 0) is 4.79 Å². The lowest BCUT2D eigenvalue weighted by Gasteiger charge is -2.44. The molecule has 3 aliphatic rings. The molecule has 0 unspecified atom stereocenters. The van der Waals surface area contributed by atoms with Gasteiger partial charge in [0, 0.05) is 38.3 Å². The third-order valence-electron chi connectivity index (χ3n) is 6.97. The second-order valence-corrected chi connectivity index (χ2v) is 9.83. The summed E-state index contributed by atoms with van der Waals surface area (Å²) >= 11 is 0. The topological polar surface area (TPSA) is 55.9 Å². The molecule has 0 saturated carbocycles. The largest absolute Gasteiger partial charge is 0.339 e. The van der Waals surface area contributed by atoms with Crippen LogP contribution < -0.4 is 5.32 Å². The summed E-state index contributed by atoms with van der Waals surface area (Å²) in [5, 5.41) is 2.99. The van der Waals surface area contributed by atoms with E-state index in [1.807, 2.05) is 25.8 Å². The monoisotopic (exact) mass is 378 g/mol. The maximum absolute atomic E-state index is 13.3. The molecule has 6 heteroatoms. The van der Waals surface area contributed by atoms with Gasteiger partial charge in [-0.25, -0.2) is 4.79 Å². The highest BCUT2D eigenvalue weighted by molar-refractivity contribution is 5.86. The molecule has 0 radical (unpaired) electrons. The van der Waals surface area contributed by atoms with Crippen LogP contribution in [0.4, 0.5) is 4.79 Å². The van der Waals surface area contributed by atoms with Gasteiger partial charge in [-0.15, -0.1) is 0 Å². The zero-order valence-electron chi connectivity index (χ0n) is 17.9. The number of rotatable bonds is 3. The van der Waals surface area contributed by atoms with Gasteiger partial charge in [-0.3, -0.25) is 4.79 Å². The first-order chi connectivity index (χ1) is 12.7. The van der Waals surface area contributed by atoms with E-state index in [2.05, 4.69) is 29.0 Å². The van der Waals surface area contributed by atoms with E-state index in [4.69, 9.17) is 0 Å². The van der Waals surface area contributed by atoms with E-state index in [1.165, 1.54) is 0 Å². The van der Waals surface area contributed by atoms with Crippen LogP contribution in [0.5, 0.6) is 0 Å². The number of urea groups is 1. The second kappa shape index (κ2) is 7.61. The van der Waals surface area contributed by atoms with Crippen molar-refractivity contribution in [2.24, 2.45) is 11.3 Å². The maximum Gasteiger partial charge on any atom is 0.317 e. The number of carbonyl (C=O) groups excluding carboxylic acids is 2. The molecule has 3 aliphatic heterocycles. The molecule has 3 heterocycles. The van der Waals surface area contributed by atoms with E-state index in [1.54, 1.807) is 0 Å². The highest BCUT2D eigenvalue weighted by Gasteiger charge is 2.58. The van der Waals surface area contributed by atoms with E-state index >= 15 is 0 Å². The lowest BCUT2D eigenvalue weighted by molar-refractivity contribution is -0.139. The quantitative estimate of drug-likeness (QED) is 0.821. The molecule has 0 aromatic heterocycles. The molecule has 154 valence electrons. The van der Waals surface area contributed by atoms with Gasteiger partial charge >= 0.3 is 6.03 Å². The molecule has 0 bridgehead atoms. The summed E-state index contributed by atoms with van der Waals surface area (Å²) in [6.45, 7) is 13.2.